The lowest BCUT2D eigenvalue weighted by atomic mass is 9.95. The molecule has 2 aromatic heterocycles. The predicted octanol–water partition coefficient (Wildman–Crippen LogP) is 4.61. The first-order valence-corrected chi connectivity index (χ1v) is 12.1. The van der Waals surface area contributed by atoms with E-state index in [1.165, 1.54) is 15.8 Å². The lowest BCUT2D eigenvalue weighted by Crippen LogP contribution is -2.57. The fraction of sp³-hybridized carbons (Fsp3) is 0.480. The number of nitrogens with zero attached hydrogens (tertiary/aromatic N) is 1. The quantitative estimate of drug-likeness (QED) is 0.565. The van der Waals surface area contributed by atoms with Gasteiger partial charge in [0.25, 0.3) is 0 Å². The molecule has 1 aliphatic rings. The third-order valence-electron chi connectivity index (χ3n) is 6.11. The minimum Gasteiger partial charge on any atom is -0.373 e. The second-order valence-electron chi connectivity index (χ2n) is 9.00. The van der Waals surface area contributed by atoms with Crippen molar-refractivity contribution in [3.05, 3.63) is 58.4 Å². The number of aromatic nitrogens is 1. The van der Waals surface area contributed by atoms with Crippen molar-refractivity contribution in [2.24, 2.45) is 5.92 Å². The van der Waals surface area contributed by atoms with Gasteiger partial charge in [-0.1, -0.05) is 38.1 Å². The number of thiophene rings is 1. The number of amides is 1. The van der Waals surface area contributed by atoms with Crippen LogP contribution in [0.3, 0.4) is 0 Å². The number of aromatic amines is 1. The summed E-state index contributed by atoms with van der Waals surface area (Å²) in [6.07, 6.45) is 2.37. The van der Waals surface area contributed by atoms with Crippen molar-refractivity contribution in [2.45, 2.75) is 51.9 Å². The zero-order chi connectivity index (χ0) is 22.0. The Labute approximate surface area is 188 Å². The van der Waals surface area contributed by atoms with Gasteiger partial charge in [-0.25, -0.2) is 0 Å². The maximum absolute atomic E-state index is 13.4. The fourth-order valence-electron chi connectivity index (χ4n) is 4.88. The lowest BCUT2D eigenvalue weighted by molar-refractivity contribution is -0.135. The number of carbonyl (C=O) groups excluding carboxylic acids is 1. The predicted molar refractivity (Wildman–Crippen MR) is 128 cm³/mol. The Balaban J connectivity index is 1.54. The topological polar surface area (TPSA) is 57.4 Å². The van der Waals surface area contributed by atoms with Crippen LogP contribution in [-0.4, -0.2) is 53.7 Å². The van der Waals surface area contributed by atoms with Crippen LogP contribution >= 0.6 is 11.3 Å². The first-order valence-electron chi connectivity index (χ1n) is 11.2. The number of rotatable bonds is 7. The molecule has 31 heavy (non-hydrogen) atoms. The van der Waals surface area contributed by atoms with Crippen LogP contribution in [0.5, 0.6) is 0 Å². The highest BCUT2D eigenvalue weighted by Crippen LogP contribution is 2.33. The average Bonchev–Trinajstić information content (AvgIpc) is 3.38. The summed E-state index contributed by atoms with van der Waals surface area (Å²) in [5, 5.41) is 6.62. The molecule has 0 bridgehead atoms. The zero-order valence-corrected chi connectivity index (χ0v) is 19.6. The van der Waals surface area contributed by atoms with Gasteiger partial charge in [-0.3, -0.25) is 9.69 Å². The van der Waals surface area contributed by atoms with Crippen molar-refractivity contribution in [1.29, 1.82) is 0 Å². The number of morpholine rings is 1. The maximum atomic E-state index is 13.4. The fourth-order valence-corrected chi connectivity index (χ4v) is 5.72. The summed E-state index contributed by atoms with van der Waals surface area (Å²) in [7, 11) is 0. The van der Waals surface area contributed by atoms with Crippen molar-refractivity contribution in [3.8, 4) is 0 Å². The Bertz CT molecular complexity index is 987. The number of para-hydroxylation sites is 1. The van der Waals surface area contributed by atoms with E-state index in [1.807, 2.05) is 6.07 Å². The highest BCUT2D eigenvalue weighted by Gasteiger charge is 2.34. The largest absolute Gasteiger partial charge is 0.373 e. The molecule has 0 saturated carbocycles. The van der Waals surface area contributed by atoms with E-state index in [4.69, 9.17) is 4.74 Å². The van der Waals surface area contributed by atoms with Crippen LogP contribution in [0.4, 0.5) is 0 Å². The van der Waals surface area contributed by atoms with Crippen molar-refractivity contribution in [2.75, 3.05) is 19.6 Å². The molecule has 3 aromatic rings. The molecule has 4 rings (SSSR count). The number of H-pyrrole nitrogens is 1. The Morgan fingerprint density at radius 1 is 1.19 bits per heavy atom. The van der Waals surface area contributed by atoms with E-state index < -0.39 is 0 Å². The summed E-state index contributed by atoms with van der Waals surface area (Å²) in [5.74, 6) is 0.457. The minimum atomic E-state index is -0.152. The van der Waals surface area contributed by atoms with Gasteiger partial charge in [0.15, 0.2) is 0 Å². The average molecular weight is 440 g/mol. The molecule has 5 nitrogen and oxygen atoms in total. The van der Waals surface area contributed by atoms with E-state index in [0.717, 1.165) is 18.6 Å². The van der Waals surface area contributed by atoms with Gasteiger partial charge in [0, 0.05) is 47.5 Å². The number of ether oxygens (including phenoxy) is 1. The van der Waals surface area contributed by atoms with E-state index in [2.05, 4.69) is 84.8 Å². The molecule has 3 heterocycles. The summed E-state index contributed by atoms with van der Waals surface area (Å²) in [5.41, 5.74) is 2.36. The van der Waals surface area contributed by atoms with Crippen LogP contribution in [0.1, 0.15) is 44.1 Å². The van der Waals surface area contributed by atoms with Crippen molar-refractivity contribution in [3.63, 3.8) is 0 Å². The summed E-state index contributed by atoms with van der Waals surface area (Å²) >= 11 is 1.74. The van der Waals surface area contributed by atoms with Crippen molar-refractivity contribution >= 4 is 28.1 Å². The smallest absolute Gasteiger partial charge is 0.237 e. The van der Waals surface area contributed by atoms with E-state index in [1.54, 1.807) is 11.3 Å². The summed E-state index contributed by atoms with van der Waals surface area (Å²) in [6, 6.07) is 12.4. The molecule has 4 atom stereocenters. The molecular weight excluding hydrogens is 406 g/mol. The molecule has 6 heteroatoms. The third kappa shape index (κ3) is 4.86. The second kappa shape index (κ2) is 9.55. The number of fused-ring (bicyclic) bond motifs is 1. The van der Waals surface area contributed by atoms with Gasteiger partial charge in [-0.2, -0.15) is 0 Å². The Morgan fingerprint density at radius 3 is 2.61 bits per heavy atom. The van der Waals surface area contributed by atoms with Gasteiger partial charge in [-0.15, -0.1) is 11.3 Å². The van der Waals surface area contributed by atoms with Crippen molar-refractivity contribution < 1.29 is 9.53 Å². The highest BCUT2D eigenvalue weighted by molar-refractivity contribution is 7.10. The molecule has 1 saturated heterocycles. The third-order valence-corrected chi connectivity index (χ3v) is 7.09. The zero-order valence-electron chi connectivity index (χ0n) is 18.8. The number of benzene rings is 1. The minimum absolute atomic E-state index is 0.109. The van der Waals surface area contributed by atoms with E-state index >= 15 is 0 Å². The SMILES string of the molecule is CC1CN(C(C(=O)NCC(c2cccs2)c2c[nH]c3ccccc23)C(C)C)CC(C)O1. The standard InChI is InChI=1S/C25H33N3O2S/c1-16(2)24(28-14-17(3)30-18(4)15-28)25(29)27-13-21(23-10-7-11-31-23)20-12-26-22-9-6-5-8-19(20)22/h5-12,16-18,21,24,26H,13-15H2,1-4H3,(H,27,29). The van der Waals surface area contributed by atoms with Crippen LogP contribution < -0.4 is 5.32 Å². The molecule has 0 aliphatic carbocycles. The number of hydrogen-bond acceptors (Lipinski definition) is 4. The maximum Gasteiger partial charge on any atom is 0.237 e. The Hall–Kier alpha value is -2.15. The van der Waals surface area contributed by atoms with Crippen LogP contribution in [0.15, 0.2) is 48.0 Å². The molecule has 1 aliphatic heterocycles. The van der Waals surface area contributed by atoms with Gasteiger partial charge in [0.1, 0.15) is 0 Å². The molecule has 4 unspecified atom stereocenters. The number of nitrogens with one attached hydrogen (secondary N) is 2. The summed E-state index contributed by atoms with van der Waals surface area (Å²) in [6.45, 7) is 10.6. The summed E-state index contributed by atoms with van der Waals surface area (Å²) < 4.78 is 5.89. The first-order chi connectivity index (χ1) is 14.9. The van der Waals surface area contributed by atoms with Crippen LogP contribution in [0.25, 0.3) is 10.9 Å². The first kappa shape index (κ1) is 22.1. The van der Waals surface area contributed by atoms with Gasteiger partial charge in [0.2, 0.25) is 5.91 Å². The molecule has 0 spiro atoms. The number of hydrogen-bond donors (Lipinski definition) is 2. The molecule has 1 fully saturated rings. The molecule has 1 amide bonds. The van der Waals surface area contributed by atoms with Crippen LogP contribution in [0, 0.1) is 5.92 Å². The molecule has 1 aromatic carbocycles. The van der Waals surface area contributed by atoms with Gasteiger partial charge in [-0.05, 0) is 42.8 Å². The molecule has 2 N–H and O–H groups in total. The molecule has 166 valence electrons. The van der Waals surface area contributed by atoms with E-state index in [9.17, 15) is 4.79 Å². The van der Waals surface area contributed by atoms with Gasteiger partial charge < -0.3 is 15.0 Å². The monoisotopic (exact) mass is 439 g/mol. The lowest BCUT2D eigenvalue weighted by Gasteiger charge is -2.41. The number of carbonyl (C=O) groups is 1. The normalized spacial score (nSPS) is 22.0. The van der Waals surface area contributed by atoms with Gasteiger partial charge >= 0.3 is 0 Å². The Morgan fingerprint density at radius 2 is 1.94 bits per heavy atom. The van der Waals surface area contributed by atoms with Gasteiger partial charge in [0.05, 0.1) is 18.2 Å². The molecule has 0 radical (unpaired) electrons. The second-order valence-corrected chi connectivity index (χ2v) is 9.98. The Kier molecular flexibility index (Phi) is 6.80. The van der Waals surface area contributed by atoms with Crippen molar-refractivity contribution in [1.82, 2.24) is 15.2 Å². The van der Waals surface area contributed by atoms with E-state index in [0.29, 0.717) is 6.54 Å². The molecular formula is C25H33N3O2S. The van der Waals surface area contributed by atoms with Crippen LogP contribution in [0.2, 0.25) is 0 Å². The van der Waals surface area contributed by atoms with E-state index in [-0.39, 0.29) is 36.0 Å². The van der Waals surface area contributed by atoms with Crippen LogP contribution in [-0.2, 0) is 9.53 Å². The summed E-state index contributed by atoms with van der Waals surface area (Å²) in [4.78, 5) is 20.4. The highest BCUT2D eigenvalue weighted by atomic mass is 32.1.